The normalized spacial score (nSPS) is 19.2. The number of aryl methyl sites for hydroxylation is 2. The number of pyridine rings is 1. The monoisotopic (exact) mass is 381 g/mol. The van der Waals surface area contributed by atoms with E-state index in [2.05, 4.69) is 25.0 Å². The molecule has 1 fully saturated rings. The zero-order valence-corrected chi connectivity index (χ0v) is 16.2. The molecule has 4 rings (SSSR count). The molecule has 3 aromatic rings. The highest BCUT2D eigenvalue weighted by atomic mass is 16.5. The van der Waals surface area contributed by atoms with Crippen molar-refractivity contribution < 1.29 is 14.4 Å². The van der Waals surface area contributed by atoms with E-state index in [0.717, 1.165) is 28.5 Å². The predicted octanol–water partition coefficient (Wildman–Crippen LogP) is 2.62. The van der Waals surface area contributed by atoms with Crippen LogP contribution in [-0.4, -0.2) is 44.4 Å². The van der Waals surface area contributed by atoms with Crippen LogP contribution in [0.2, 0.25) is 0 Å². The van der Waals surface area contributed by atoms with Gasteiger partial charge in [0, 0.05) is 37.7 Å². The summed E-state index contributed by atoms with van der Waals surface area (Å²) in [6, 6.07) is 5.60. The summed E-state index contributed by atoms with van der Waals surface area (Å²) in [5.74, 6) is 2.76. The van der Waals surface area contributed by atoms with E-state index in [1.807, 2.05) is 39.0 Å². The van der Waals surface area contributed by atoms with Crippen molar-refractivity contribution in [3.8, 4) is 11.6 Å². The van der Waals surface area contributed by atoms with E-state index in [1.54, 1.807) is 6.20 Å². The molecule has 0 amide bonds. The summed E-state index contributed by atoms with van der Waals surface area (Å²) in [4.78, 5) is 15.0. The molecule has 1 N–H and O–H groups in total. The minimum Gasteiger partial charge on any atom is -0.437 e. The molecule has 1 aliphatic heterocycles. The minimum atomic E-state index is -0.468. The topological polar surface area (TPSA) is 97.4 Å². The lowest BCUT2D eigenvalue weighted by Crippen LogP contribution is -2.23. The summed E-state index contributed by atoms with van der Waals surface area (Å²) in [5.41, 5.74) is 2.47. The highest BCUT2D eigenvalue weighted by Gasteiger charge is 2.34. The molecule has 0 aromatic carbocycles. The molecular formula is C20H23N5O3. The molecule has 1 aliphatic rings. The second-order valence-electron chi connectivity index (χ2n) is 7.19. The summed E-state index contributed by atoms with van der Waals surface area (Å²) in [6.45, 7) is 6.88. The molecule has 0 bridgehead atoms. The lowest BCUT2D eigenvalue weighted by atomic mass is 10.0. The van der Waals surface area contributed by atoms with Crippen LogP contribution in [0.15, 0.2) is 35.2 Å². The van der Waals surface area contributed by atoms with Gasteiger partial charge in [0.05, 0.1) is 23.1 Å². The van der Waals surface area contributed by atoms with Crippen molar-refractivity contribution in [2.45, 2.75) is 33.3 Å². The van der Waals surface area contributed by atoms with Crippen molar-refractivity contribution in [2.75, 3.05) is 18.0 Å². The fraction of sp³-hybridized carbons (Fsp3) is 0.400. The Morgan fingerprint density at radius 1 is 1.21 bits per heavy atom. The molecule has 0 aliphatic carbocycles. The number of ether oxygens (including phenoxy) is 1. The largest absolute Gasteiger partial charge is 0.437 e. The third-order valence-electron chi connectivity index (χ3n) is 5.02. The van der Waals surface area contributed by atoms with E-state index in [9.17, 15) is 5.11 Å². The molecular weight excluding hydrogens is 358 g/mol. The molecule has 0 spiro atoms. The number of nitrogens with zero attached hydrogens (tertiary/aromatic N) is 5. The molecule has 2 atom stereocenters. The molecule has 146 valence electrons. The Balaban J connectivity index is 1.52. The number of hydrogen-bond acceptors (Lipinski definition) is 8. The van der Waals surface area contributed by atoms with Gasteiger partial charge < -0.3 is 19.3 Å². The Bertz CT molecular complexity index is 974. The van der Waals surface area contributed by atoms with Crippen LogP contribution in [0.25, 0.3) is 0 Å². The van der Waals surface area contributed by atoms with Gasteiger partial charge in [0.1, 0.15) is 17.9 Å². The Labute approximate surface area is 163 Å². The van der Waals surface area contributed by atoms with E-state index in [1.165, 1.54) is 6.33 Å². The first-order chi connectivity index (χ1) is 13.5. The molecule has 8 heteroatoms. The van der Waals surface area contributed by atoms with Gasteiger partial charge in [-0.05, 0) is 32.9 Å². The summed E-state index contributed by atoms with van der Waals surface area (Å²) in [6.07, 6.45) is 3.39. The minimum absolute atomic E-state index is 0.0478. The number of anilines is 1. The van der Waals surface area contributed by atoms with E-state index in [0.29, 0.717) is 31.1 Å². The second kappa shape index (κ2) is 7.55. The molecule has 0 unspecified atom stereocenters. The van der Waals surface area contributed by atoms with Gasteiger partial charge in [-0.15, -0.1) is 0 Å². The van der Waals surface area contributed by atoms with Gasteiger partial charge >= 0.3 is 0 Å². The van der Waals surface area contributed by atoms with Gasteiger partial charge in [-0.2, -0.15) is 0 Å². The van der Waals surface area contributed by atoms with Crippen LogP contribution in [0, 0.1) is 26.7 Å². The van der Waals surface area contributed by atoms with Crippen LogP contribution in [0.5, 0.6) is 11.6 Å². The van der Waals surface area contributed by atoms with Gasteiger partial charge in [-0.3, -0.25) is 4.98 Å². The smallest absolute Gasteiger partial charge is 0.227 e. The maximum absolute atomic E-state index is 10.5. The quantitative estimate of drug-likeness (QED) is 0.720. The lowest BCUT2D eigenvalue weighted by molar-refractivity contribution is 0.143. The Kier molecular flexibility index (Phi) is 4.95. The van der Waals surface area contributed by atoms with Crippen molar-refractivity contribution in [3.05, 3.63) is 53.4 Å². The summed E-state index contributed by atoms with van der Waals surface area (Å²) >= 11 is 0. The highest BCUT2D eigenvalue weighted by molar-refractivity contribution is 5.52. The SMILES string of the molecule is Cc1cc(C[C@@H]2CN(c3ncnc(Oc4cccnc4C)c3C)C[C@@H]2O)on1. The summed E-state index contributed by atoms with van der Waals surface area (Å²) in [5, 5.41) is 14.5. The first kappa shape index (κ1) is 18.4. The van der Waals surface area contributed by atoms with Crippen LogP contribution in [0.4, 0.5) is 5.82 Å². The molecule has 3 aromatic heterocycles. The molecule has 0 radical (unpaired) electrons. The van der Waals surface area contributed by atoms with E-state index >= 15 is 0 Å². The average molecular weight is 381 g/mol. The van der Waals surface area contributed by atoms with Crippen LogP contribution < -0.4 is 9.64 Å². The van der Waals surface area contributed by atoms with Crippen LogP contribution in [0.1, 0.15) is 22.7 Å². The van der Waals surface area contributed by atoms with Crippen molar-refractivity contribution >= 4 is 5.82 Å². The number of hydrogen-bond donors (Lipinski definition) is 1. The van der Waals surface area contributed by atoms with Crippen LogP contribution in [-0.2, 0) is 6.42 Å². The lowest BCUT2D eigenvalue weighted by Gasteiger charge is -2.20. The molecule has 4 heterocycles. The first-order valence-corrected chi connectivity index (χ1v) is 9.27. The van der Waals surface area contributed by atoms with Crippen molar-refractivity contribution in [1.29, 1.82) is 0 Å². The second-order valence-corrected chi connectivity index (χ2v) is 7.19. The standard InChI is InChI=1S/C20H23N5O3/c1-12-7-16(28-24-12)8-15-9-25(10-17(15)26)19-13(2)20(23-11-22-19)27-18-5-4-6-21-14(18)3/h4-7,11,15,17,26H,8-10H2,1-3H3/t15-,17+/m1/s1. The van der Waals surface area contributed by atoms with Gasteiger partial charge in [0.2, 0.25) is 5.88 Å². The van der Waals surface area contributed by atoms with E-state index in [4.69, 9.17) is 9.26 Å². The maximum Gasteiger partial charge on any atom is 0.227 e. The number of aliphatic hydroxyl groups excluding tert-OH is 1. The Morgan fingerprint density at radius 3 is 2.82 bits per heavy atom. The summed E-state index contributed by atoms with van der Waals surface area (Å²) < 4.78 is 11.3. The number of aromatic nitrogens is 4. The average Bonchev–Trinajstić information content (AvgIpc) is 3.24. The fourth-order valence-electron chi connectivity index (χ4n) is 3.53. The van der Waals surface area contributed by atoms with Crippen molar-refractivity contribution in [1.82, 2.24) is 20.1 Å². The number of β-amino-alcohol motifs (C(OH)–C–C–N with tert-alkyl or cyclic N) is 1. The van der Waals surface area contributed by atoms with Crippen LogP contribution >= 0.6 is 0 Å². The zero-order chi connectivity index (χ0) is 19.7. The molecule has 1 saturated heterocycles. The van der Waals surface area contributed by atoms with Crippen molar-refractivity contribution in [3.63, 3.8) is 0 Å². The fourth-order valence-corrected chi connectivity index (χ4v) is 3.53. The molecule has 28 heavy (non-hydrogen) atoms. The van der Waals surface area contributed by atoms with E-state index < -0.39 is 6.10 Å². The predicted molar refractivity (Wildman–Crippen MR) is 102 cm³/mol. The Morgan fingerprint density at radius 2 is 2.07 bits per heavy atom. The van der Waals surface area contributed by atoms with Gasteiger partial charge in [-0.1, -0.05) is 5.16 Å². The Hall–Kier alpha value is -3.00. The van der Waals surface area contributed by atoms with Gasteiger partial charge in [0.25, 0.3) is 0 Å². The summed E-state index contributed by atoms with van der Waals surface area (Å²) in [7, 11) is 0. The van der Waals surface area contributed by atoms with Gasteiger partial charge in [0.15, 0.2) is 5.75 Å². The zero-order valence-electron chi connectivity index (χ0n) is 16.2. The van der Waals surface area contributed by atoms with Crippen LogP contribution in [0.3, 0.4) is 0 Å². The molecule has 0 saturated carbocycles. The first-order valence-electron chi connectivity index (χ1n) is 9.27. The van der Waals surface area contributed by atoms with Gasteiger partial charge in [-0.25, -0.2) is 9.97 Å². The number of aliphatic hydroxyl groups is 1. The van der Waals surface area contributed by atoms with E-state index in [-0.39, 0.29) is 5.92 Å². The number of rotatable bonds is 5. The maximum atomic E-state index is 10.5. The third-order valence-corrected chi connectivity index (χ3v) is 5.02. The highest BCUT2D eigenvalue weighted by Crippen LogP contribution is 2.32. The van der Waals surface area contributed by atoms with Crippen molar-refractivity contribution in [2.24, 2.45) is 5.92 Å². The third kappa shape index (κ3) is 3.68. The molecule has 8 nitrogen and oxygen atoms in total.